The average molecular weight is 374 g/mol. The van der Waals surface area contributed by atoms with E-state index in [9.17, 15) is 4.79 Å². The van der Waals surface area contributed by atoms with E-state index in [2.05, 4.69) is 15.0 Å². The summed E-state index contributed by atoms with van der Waals surface area (Å²) in [5, 5.41) is 0. The van der Waals surface area contributed by atoms with Gasteiger partial charge in [-0.05, 0) is 25.1 Å². The Hall–Kier alpha value is -3.28. The zero-order chi connectivity index (χ0) is 19.3. The van der Waals surface area contributed by atoms with Gasteiger partial charge in [0.05, 0.1) is 0 Å². The molecule has 0 N–H and O–H groups in total. The highest BCUT2D eigenvalue weighted by molar-refractivity contribution is 5.92. The SMILES string of the molecule is Cc1cccc(OC2CCN(C(=O)c3ccc(-c4cccnc4)cn3)CC2)n1. The molecule has 0 spiro atoms. The molecule has 0 radical (unpaired) electrons. The lowest BCUT2D eigenvalue weighted by Gasteiger charge is -2.31. The maximum absolute atomic E-state index is 12.8. The Kier molecular flexibility index (Phi) is 5.28. The molecule has 0 atom stereocenters. The quantitative estimate of drug-likeness (QED) is 0.699. The molecular weight excluding hydrogens is 352 g/mol. The van der Waals surface area contributed by atoms with Gasteiger partial charge in [-0.1, -0.05) is 18.2 Å². The van der Waals surface area contributed by atoms with E-state index in [1.807, 2.05) is 48.2 Å². The number of carbonyl (C=O) groups excluding carboxylic acids is 1. The van der Waals surface area contributed by atoms with Gasteiger partial charge >= 0.3 is 0 Å². The molecule has 0 unspecified atom stereocenters. The molecule has 0 aliphatic carbocycles. The zero-order valence-corrected chi connectivity index (χ0v) is 15.8. The minimum absolute atomic E-state index is 0.0372. The Bertz CT molecular complexity index is 936. The molecule has 142 valence electrons. The number of nitrogens with zero attached hydrogens (tertiary/aromatic N) is 4. The normalized spacial score (nSPS) is 14.7. The van der Waals surface area contributed by atoms with E-state index in [-0.39, 0.29) is 12.0 Å². The highest BCUT2D eigenvalue weighted by atomic mass is 16.5. The predicted octanol–water partition coefficient (Wildman–Crippen LogP) is 3.53. The second kappa shape index (κ2) is 8.17. The van der Waals surface area contributed by atoms with Crippen LogP contribution in [-0.4, -0.2) is 45.0 Å². The van der Waals surface area contributed by atoms with E-state index >= 15 is 0 Å². The van der Waals surface area contributed by atoms with Gasteiger partial charge in [-0.2, -0.15) is 0 Å². The van der Waals surface area contributed by atoms with Crippen LogP contribution in [0.3, 0.4) is 0 Å². The number of carbonyl (C=O) groups is 1. The summed E-state index contributed by atoms with van der Waals surface area (Å²) in [4.78, 5) is 27.5. The van der Waals surface area contributed by atoms with Gasteiger partial charge in [0.25, 0.3) is 5.91 Å². The molecule has 4 rings (SSSR count). The molecule has 0 bridgehead atoms. The summed E-state index contributed by atoms with van der Waals surface area (Å²) >= 11 is 0. The highest BCUT2D eigenvalue weighted by Crippen LogP contribution is 2.20. The van der Waals surface area contributed by atoms with Crippen LogP contribution in [0.2, 0.25) is 0 Å². The smallest absolute Gasteiger partial charge is 0.272 e. The summed E-state index contributed by atoms with van der Waals surface area (Å²) in [5.41, 5.74) is 3.33. The molecule has 1 fully saturated rings. The first-order valence-electron chi connectivity index (χ1n) is 9.45. The molecule has 28 heavy (non-hydrogen) atoms. The second-order valence-electron chi connectivity index (χ2n) is 6.90. The molecule has 0 saturated carbocycles. The number of hydrogen-bond acceptors (Lipinski definition) is 5. The van der Waals surface area contributed by atoms with E-state index in [0.717, 1.165) is 29.7 Å². The Morgan fingerprint density at radius 1 is 1.04 bits per heavy atom. The van der Waals surface area contributed by atoms with Crippen molar-refractivity contribution in [3.8, 4) is 17.0 Å². The van der Waals surface area contributed by atoms with Gasteiger partial charge in [0.1, 0.15) is 11.8 Å². The summed E-state index contributed by atoms with van der Waals surface area (Å²) in [6.45, 7) is 3.25. The van der Waals surface area contributed by atoms with Crippen LogP contribution in [-0.2, 0) is 0 Å². The summed E-state index contributed by atoms with van der Waals surface area (Å²) < 4.78 is 5.96. The lowest BCUT2D eigenvalue weighted by Crippen LogP contribution is -2.42. The van der Waals surface area contributed by atoms with Crippen molar-refractivity contribution in [1.82, 2.24) is 19.9 Å². The minimum Gasteiger partial charge on any atom is -0.474 e. The maximum Gasteiger partial charge on any atom is 0.272 e. The van der Waals surface area contributed by atoms with Gasteiger partial charge < -0.3 is 9.64 Å². The molecule has 3 aromatic heterocycles. The number of amides is 1. The van der Waals surface area contributed by atoms with Crippen LogP contribution in [0.25, 0.3) is 11.1 Å². The minimum atomic E-state index is -0.0372. The fourth-order valence-corrected chi connectivity index (χ4v) is 3.32. The van der Waals surface area contributed by atoms with E-state index in [1.54, 1.807) is 24.7 Å². The number of pyridine rings is 3. The Morgan fingerprint density at radius 3 is 2.54 bits per heavy atom. The first-order valence-corrected chi connectivity index (χ1v) is 9.45. The van der Waals surface area contributed by atoms with Crippen molar-refractivity contribution >= 4 is 5.91 Å². The lowest BCUT2D eigenvalue weighted by atomic mass is 10.1. The van der Waals surface area contributed by atoms with Gasteiger partial charge in [-0.3, -0.25) is 14.8 Å². The van der Waals surface area contributed by atoms with Crippen LogP contribution in [0.4, 0.5) is 0 Å². The summed E-state index contributed by atoms with van der Waals surface area (Å²) in [6.07, 6.45) is 6.90. The first-order chi connectivity index (χ1) is 13.7. The van der Waals surface area contributed by atoms with E-state index in [4.69, 9.17) is 4.74 Å². The second-order valence-corrected chi connectivity index (χ2v) is 6.90. The Balaban J connectivity index is 1.35. The van der Waals surface area contributed by atoms with Gasteiger partial charge in [-0.15, -0.1) is 0 Å². The Morgan fingerprint density at radius 2 is 1.86 bits per heavy atom. The van der Waals surface area contributed by atoms with E-state index in [0.29, 0.717) is 24.7 Å². The van der Waals surface area contributed by atoms with Gasteiger partial charge in [0.15, 0.2) is 0 Å². The van der Waals surface area contributed by atoms with Crippen LogP contribution < -0.4 is 4.74 Å². The van der Waals surface area contributed by atoms with Crippen molar-refractivity contribution < 1.29 is 9.53 Å². The molecule has 1 aliphatic heterocycles. The fourth-order valence-electron chi connectivity index (χ4n) is 3.32. The van der Waals surface area contributed by atoms with E-state index < -0.39 is 0 Å². The standard InChI is InChI=1S/C22H22N4O2/c1-16-4-2-6-21(25-16)28-19-9-12-26(13-10-19)22(27)20-8-7-18(15-24-20)17-5-3-11-23-14-17/h2-8,11,14-15,19H,9-10,12-13H2,1H3. The first kappa shape index (κ1) is 18.1. The van der Waals surface area contributed by atoms with Crippen molar-refractivity contribution in [2.24, 2.45) is 0 Å². The average Bonchev–Trinajstić information content (AvgIpc) is 2.75. The largest absolute Gasteiger partial charge is 0.474 e. The number of aromatic nitrogens is 3. The molecule has 3 aromatic rings. The molecule has 1 amide bonds. The molecule has 1 aliphatic rings. The topological polar surface area (TPSA) is 68.2 Å². The number of ether oxygens (including phenoxy) is 1. The van der Waals surface area contributed by atoms with Crippen molar-refractivity contribution in [2.45, 2.75) is 25.9 Å². The third-order valence-electron chi connectivity index (χ3n) is 4.86. The third kappa shape index (κ3) is 4.17. The molecule has 6 heteroatoms. The Labute approximate surface area is 164 Å². The summed E-state index contributed by atoms with van der Waals surface area (Å²) in [5.74, 6) is 0.613. The predicted molar refractivity (Wildman–Crippen MR) is 106 cm³/mol. The summed E-state index contributed by atoms with van der Waals surface area (Å²) in [6, 6.07) is 13.3. The van der Waals surface area contributed by atoms with Gasteiger partial charge in [0.2, 0.25) is 5.88 Å². The van der Waals surface area contributed by atoms with Gasteiger partial charge in [-0.25, -0.2) is 4.98 Å². The van der Waals surface area contributed by atoms with Gasteiger partial charge in [0, 0.05) is 67.4 Å². The van der Waals surface area contributed by atoms with Crippen LogP contribution in [0, 0.1) is 6.92 Å². The molecule has 6 nitrogen and oxygen atoms in total. The molecule has 1 saturated heterocycles. The van der Waals surface area contributed by atoms with Crippen LogP contribution in [0.1, 0.15) is 29.0 Å². The zero-order valence-electron chi connectivity index (χ0n) is 15.8. The molecular formula is C22H22N4O2. The molecule has 0 aromatic carbocycles. The summed E-state index contributed by atoms with van der Waals surface area (Å²) in [7, 11) is 0. The monoisotopic (exact) mass is 374 g/mol. The highest BCUT2D eigenvalue weighted by Gasteiger charge is 2.25. The lowest BCUT2D eigenvalue weighted by molar-refractivity contribution is 0.0582. The van der Waals surface area contributed by atoms with Crippen LogP contribution in [0.5, 0.6) is 5.88 Å². The van der Waals surface area contributed by atoms with Crippen molar-refractivity contribution in [3.63, 3.8) is 0 Å². The number of hydrogen-bond donors (Lipinski definition) is 0. The third-order valence-corrected chi connectivity index (χ3v) is 4.86. The molecule has 4 heterocycles. The number of piperidine rings is 1. The fraction of sp³-hybridized carbons (Fsp3) is 0.273. The number of likely N-dealkylation sites (tertiary alicyclic amines) is 1. The number of rotatable bonds is 4. The maximum atomic E-state index is 12.8. The van der Waals surface area contributed by atoms with Crippen molar-refractivity contribution in [2.75, 3.05) is 13.1 Å². The van der Waals surface area contributed by atoms with Crippen LogP contribution in [0.15, 0.2) is 61.1 Å². The van der Waals surface area contributed by atoms with E-state index in [1.165, 1.54) is 0 Å². The number of aryl methyl sites for hydroxylation is 1. The van der Waals surface area contributed by atoms with Crippen molar-refractivity contribution in [3.05, 3.63) is 72.4 Å². The van der Waals surface area contributed by atoms with Crippen LogP contribution >= 0.6 is 0 Å². The van der Waals surface area contributed by atoms with Crippen molar-refractivity contribution in [1.29, 1.82) is 0 Å².